The van der Waals surface area contributed by atoms with Gasteiger partial charge in [-0.15, -0.1) is 0 Å². The van der Waals surface area contributed by atoms with Crippen molar-refractivity contribution in [2.75, 3.05) is 0 Å². The molecule has 0 nitrogen and oxygen atoms in total. The lowest BCUT2D eigenvalue weighted by Gasteiger charge is -2.43. The zero-order valence-corrected chi connectivity index (χ0v) is 33.7. The van der Waals surface area contributed by atoms with Crippen LogP contribution in [0.3, 0.4) is 0 Å². The van der Waals surface area contributed by atoms with Crippen molar-refractivity contribution >= 4 is 23.6 Å². The summed E-state index contributed by atoms with van der Waals surface area (Å²) in [6, 6.07) is 48.1. The van der Waals surface area contributed by atoms with Crippen molar-refractivity contribution in [1.82, 2.24) is 0 Å². The zero-order valence-electron chi connectivity index (χ0n) is 32.7. The Hall–Kier alpha value is -4.98. The molecule has 0 bridgehead atoms. The van der Waals surface area contributed by atoms with Crippen LogP contribution in [0, 0.1) is 47.5 Å². The Balaban J connectivity index is 1.76. The van der Waals surface area contributed by atoms with Gasteiger partial charge in [0.1, 0.15) is 0 Å². The second-order valence-corrected chi connectivity index (χ2v) is 19.0. The Morgan fingerprint density at radius 1 is 0.385 bits per heavy atom. The number of rotatable bonds is 7. The van der Waals surface area contributed by atoms with E-state index in [9.17, 15) is 0 Å². The molecule has 0 aliphatic heterocycles. The second kappa shape index (κ2) is 13.9. The molecule has 0 radical (unpaired) electrons. The monoisotopic (exact) mass is 692 g/mol. The Kier molecular flexibility index (Phi) is 9.44. The minimum atomic E-state index is -3.08. The third-order valence-electron chi connectivity index (χ3n) is 12.2. The van der Waals surface area contributed by atoms with E-state index in [1.165, 1.54) is 99.0 Å². The Morgan fingerprint density at radius 3 is 0.962 bits per heavy atom. The average molecular weight is 693 g/mol. The van der Waals surface area contributed by atoms with Gasteiger partial charge in [-0.05, 0) is 139 Å². The Morgan fingerprint density at radius 2 is 0.692 bits per heavy atom. The first kappa shape index (κ1) is 35.4. The molecule has 6 aromatic carbocycles. The molecule has 0 heterocycles. The Bertz CT molecular complexity index is 2140. The fraction of sp³-hybridized carbons (Fsp3) is 0.216. The van der Waals surface area contributed by atoms with Gasteiger partial charge in [-0.25, -0.2) is 0 Å². The van der Waals surface area contributed by atoms with Gasteiger partial charge < -0.3 is 0 Å². The van der Waals surface area contributed by atoms with Crippen LogP contribution in [0.5, 0.6) is 0 Å². The predicted octanol–water partition coefficient (Wildman–Crippen LogP) is 11.9. The topological polar surface area (TPSA) is 0 Å². The molecule has 0 saturated carbocycles. The minimum absolute atomic E-state index is 0.312. The molecule has 0 spiro atoms. The molecule has 7 rings (SSSR count). The van der Waals surface area contributed by atoms with E-state index < -0.39 is 8.07 Å². The van der Waals surface area contributed by atoms with Gasteiger partial charge in [-0.2, -0.15) is 0 Å². The van der Waals surface area contributed by atoms with Crippen LogP contribution in [0.2, 0.25) is 0 Å². The van der Waals surface area contributed by atoms with E-state index in [4.69, 9.17) is 0 Å². The molecule has 0 fully saturated rings. The molecule has 0 saturated heterocycles. The minimum Gasteiger partial charge on any atom is -0.0636 e. The summed E-state index contributed by atoms with van der Waals surface area (Å²) in [7, 11) is -3.08. The SMILES string of the molecule is CC1=C(C)C(C)C([Si](c2cc(C)cc(-c3ccccc3)c2C)(c2cc(C)cc(-c3ccccc3)c2C)c2cc(C)cc(-c3ccccc3)c2C)=C1C. The van der Waals surface area contributed by atoms with Gasteiger partial charge >= 0.3 is 0 Å². The second-order valence-electron chi connectivity index (χ2n) is 15.4. The highest BCUT2D eigenvalue weighted by atomic mass is 28.3. The van der Waals surface area contributed by atoms with Crippen LogP contribution in [0.4, 0.5) is 0 Å². The number of aryl methyl sites for hydroxylation is 3. The van der Waals surface area contributed by atoms with Crippen molar-refractivity contribution in [1.29, 1.82) is 0 Å². The first-order valence-corrected chi connectivity index (χ1v) is 20.9. The maximum atomic E-state index is 2.58. The lowest BCUT2D eigenvalue weighted by Crippen LogP contribution is -2.71. The standard InChI is InChI=1S/C51H52Si/c1-32-26-45(42-20-14-11-15-21-42)39(8)48(29-32)52(51-37(6)35(4)36(5)38(51)7,49-30-33(2)27-46(40(49)9)43-22-16-12-17-23-43)50-31-34(3)28-47(41(50)10)44-24-18-13-19-25-44/h11-31,37H,1-10H3. The number of benzene rings is 6. The van der Waals surface area contributed by atoms with Crippen LogP contribution in [0.1, 0.15) is 61.1 Å². The lowest BCUT2D eigenvalue weighted by atomic mass is 9.98. The highest BCUT2D eigenvalue weighted by Gasteiger charge is 2.51. The summed E-state index contributed by atoms with van der Waals surface area (Å²) in [5.74, 6) is 0.312. The summed E-state index contributed by atoms with van der Waals surface area (Å²) >= 11 is 0. The van der Waals surface area contributed by atoms with Crippen LogP contribution < -0.4 is 15.6 Å². The van der Waals surface area contributed by atoms with Crippen LogP contribution in [-0.2, 0) is 0 Å². The third-order valence-corrected chi connectivity index (χ3v) is 17.8. The van der Waals surface area contributed by atoms with E-state index in [2.05, 4.69) is 197 Å². The summed E-state index contributed by atoms with van der Waals surface area (Å²) in [6.07, 6.45) is 0. The van der Waals surface area contributed by atoms with Gasteiger partial charge in [-0.1, -0.05) is 167 Å². The van der Waals surface area contributed by atoms with Crippen LogP contribution in [0.15, 0.2) is 149 Å². The van der Waals surface area contributed by atoms with Crippen LogP contribution >= 0.6 is 0 Å². The van der Waals surface area contributed by atoms with Gasteiger partial charge in [0, 0.05) is 0 Å². The molecule has 1 unspecified atom stereocenters. The van der Waals surface area contributed by atoms with E-state index in [1.807, 2.05) is 0 Å². The van der Waals surface area contributed by atoms with Gasteiger partial charge in [0.2, 0.25) is 0 Å². The van der Waals surface area contributed by atoms with E-state index in [0.29, 0.717) is 5.92 Å². The number of hydrogen-bond donors (Lipinski definition) is 0. The molecular weight excluding hydrogens is 641 g/mol. The zero-order chi connectivity index (χ0) is 36.9. The highest BCUT2D eigenvalue weighted by molar-refractivity contribution is 7.17. The summed E-state index contributed by atoms with van der Waals surface area (Å²) in [5.41, 5.74) is 20.4. The molecule has 0 aromatic heterocycles. The van der Waals surface area contributed by atoms with E-state index in [0.717, 1.165) is 0 Å². The predicted molar refractivity (Wildman–Crippen MR) is 229 cm³/mol. The average Bonchev–Trinajstić information content (AvgIpc) is 3.35. The van der Waals surface area contributed by atoms with Gasteiger partial charge in [0.15, 0.2) is 8.07 Å². The van der Waals surface area contributed by atoms with Crippen molar-refractivity contribution in [2.45, 2.75) is 69.2 Å². The molecule has 1 aliphatic rings. The molecule has 52 heavy (non-hydrogen) atoms. The quantitative estimate of drug-likeness (QED) is 0.115. The first-order valence-electron chi connectivity index (χ1n) is 18.9. The first-order chi connectivity index (χ1) is 24.9. The van der Waals surface area contributed by atoms with Crippen molar-refractivity contribution in [3.8, 4) is 33.4 Å². The van der Waals surface area contributed by atoms with E-state index in [-0.39, 0.29) is 0 Å². The van der Waals surface area contributed by atoms with Gasteiger partial charge in [-0.3, -0.25) is 0 Å². The normalized spacial score (nSPS) is 14.8. The summed E-state index contributed by atoms with van der Waals surface area (Å²) < 4.78 is 0. The molecule has 6 aromatic rings. The summed E-state index contributed by atoms with van der Waals surface area (Å²) in [4.78, 5) is 0. The number of allylic oxidation sites excluding steroid dienone is 4. The van der Waals surface area contributed by atoms with E-state index >= 15 is 0 Å². The van der Waals surface area contributed by atoms with E-state index in [1.54, 1.807) is 5.20 Å². The maximum Gasteiger partial charge on any atom is 0.177 e. The third kappa shape index (κ3) is 5.76. The fourth-order valence-corrected chi connectivity index (χ4v) is 16.1. The molecule has 1 heteroatoms. The van der Waals surface area contributed by atoms with Crippen molar-refractivity contribution < 1.29 is 0 Å². The van der Waals surface area contributed by atoms with Crippen molar-refractivity contribution in [3.05, 3.63) is 183 Å². The molecular formula is C51H52Si. The van der Waals surface area contributed by atoms with Crippen molar-refractivity contribution in [2.24, 2.45) is 5.92 Å². The molecule has 0 N–H and O–H groups in total. The summed E-state index contributed by atoms with van der Waals surface area (Å²) in [6.45, 7) is 23.8. The molecule has 1 aliphatic carbocycles. The fourth-order valence-electron chi connectivity index (χ4n) is 9.34. The van der Waals surface area contributed by atoms with Gasteiger partial charge in [0.05, 0.1) is 0 Å². The molecule has 0 amide bonds. The summed E-state index contributed by atoms with van der Waals surface area (Å²) in [5, 5.41) is 6.16. The molecule has 1 atom stereocenters. The van der Waals surface area contributed by atoms with Gasteiger partial charge in [0.25, 0.3) is 0 Å². The smallest absolute Gasteiger partial charge is 0.0636 e. The lowest BCUT2D eigenvalue weighted by molar-refractivity contribution is 0.851. The largest absolute Gasteiger partial charge is 0.177 e. The highest BCUT2D eigenvalue weighted by Crippen LogP contribution is 2.44. The Labute approximate surface area is 313 Å². The van der Waals surface area contributed by atoms with Crippen LogP contribution in [0.25, 0.3) is 33.4 Å². The van der Waals surface area contributed by atoms with Crippen LogP contribution in [-0.4, -0.2) is 8.07 Å². The molecule has 260 valence electrons. The van der Waals surface area contributed by atoms with Crippen molar-refractivity contribution in [3.63, 3.8) is 0 Å². The number of hydrogen-bond acceptors (Lipinski definition) is 0. The maximum absolute atomic E-state index is 3.08.